The van der Waals surface area contributed by atoms with Crippen LogP contribution in [0.3, 0.4) is 0 Å². The lowest BCUT2D eigenvalue weighted by Crippen LogP contribution is -2.03. The van der Waals surface area contributed by atoms with Crippen LogP contribution in [-0.2, 0) is 4.74 Å². The van der Waals surface area contributed by atoms with E-state index in [9.17, 15) is 0 Å². The van der Waals surface area contributed by atoms with Crippen molar-refractivity contribution in [2.75, 3.05) is 6.61 Å². The summed E-state index contributed by atoms with van der Waals surface area (Å²) in [6, 6.07) is 0. The average molecular weight is 194 g/mol. The van der Waals surface area contributed by atoms with Crippen LogP contribution in [-0.4, -0.2) is 6.61 Å². The minimum Gasteiger partial charge on any atom is -0.498 e. The van der Waals surface area contributed by atoms with Crippen molar-refractivity contribution >= 4 is 0 Å². The van der Waals surface area contributed by atoms with E-state index in [0.29, 0.717) is 0 Å². The second kappa shape index (κ2) is 4.37. The SMILES string of the molecule is CCCCO/C(C)=C1\CC2CCC1C2. The number of unbranched alkanes of at least 4 members (excludes halogenated alkanes) is 1. The third-order valence-electron chi connectivity index (χ3n) is 3.81. The highest BCUT2D eigenvalue weighted by molar-refractivity contribution is 5.19. The van der Waals surface area contributed by atoms with Gasteiger partial charge < -0.3 is 4.74 Å². The molecule has 0 N–H and O–H groups in total. The quantitative estimate of drug-likeness (QED) is 0.487. The van der Waals surface area contributed by atoms with E-state index in [0.717, 1.165) is 18.4 Å². The first kappa shape index (κ1) is 10.1. The van der Waals surface area contributed by atoms with Gasteiger partial charge in [-0.25, -0.2) is 0 Å². The fourth-order valence-corrected chi connectivity index (χ4v) is 2.95. The highest BCUT2D eigenvalue weighted by Gasteiger charge is 2.36. The van der Waals surface area contributed by atoms with Gasteiger partial charge in [-0.15, -0.1) is 0 Å². The topological polar surface area (TPSA) is 9.23 Å². The van der Waals surface area contributed by atoms with Gasteiger partial charge in [0.1, 0.15) is 0 Å². The van der Waals surface area contributed by atoms with Crippen LogP contribution in [0.1, 0.15) is 52.4 Å². The van der Waals surface area contributed by atoms with Crippen molar-refractivity contribution in [3.05, 3.63) is 11.3 Å². The van der Waals surface area contributed by atoms with E-state index < -0.39 is 0 Å². The molecule has 0 amide bonds. The fourth-order valence-electron chi connectivity index (χ4n) is 2.95. The van der Waals surface area contributed by atoms with Crippen molar-refractivity contribution in [3.63, 3.8) is 0 Å². The lowest BCUT2D eigenvalue weighted by atomic mass is 9.94. The van der Waals surface area contributed by atoms with Crippen LogP contribution in [0.5, 0.6) is 0 Å². The van der Waals surface area contributed by atoms with Crippen LogP contribution in [0, 0.1) is 11.8 Å². The highest BCUT2D eigenvalue weighted by atomic mass is 16.5. The molecular weight excluding hydrogens is 172 g/mol. The van der Waals surface area contributed by atoms with Crippen molar-refractivity contribution in [2.45, 2.75) is 52.4 Å². The lowest BCUT2D eigenvalue weighted by molar-refractivity contribution is 0.202. The maximum atomic E-state index is 5.80. The van der Waals surface area contributed by atoms with E-state index in [-0.39, 0.29) is 0 Å². The molecule has 2 aliphatic rings. The zero-order valence-electron chi connectivity index (χ0n) is 9.51. The summed E-state index contributed by atoms with van der Waals surface area (Å²) in [5.41, 5.74) is 1.65. The van der Waals surface area contributed by atoms with Gasteiger partial charge in [-0.2, -0.15) is 0 Å². The second-order valence-corrected chi connectivity index (χ2v) is 4.86. The van der Waals surface area contributed by atoms with Crippen molar-refractivity contribution in [2.24, 2.45) is 11.8 Å². The number of hydrogen-bond donors (Lipinski definition) is 0. The standard InChI is InChI=1S/C13H22O/c1-3-4-7-14-10(2)13-9-11-5-6-12(13)8-11/h11-12H,3-9H2,1-2H3/b13-10+. The predicted molar refractivity (Wildman–Crippen MR) is 59.0 cm³/mol. The van der Waals surface area contributed by atoms with Crippen LogP contribution in [0.2, 0.25) is 0 Å². The fraction of sp³-hybridized carbons (Fsp3) is 0.846. The van der Waals surface area contributed by atoms with Gasteiger partial charge in [-0.3, -0.25) is 0 Å². The minimum absolute atomic E-state index is 0.890. The molecule has 2 fully saturated rings. The average Bonchev–Trinajstić information content (AvgIpc) is 2.79. The first-order valence-electron chi connectivity index (χ1n) is 6.13. The first-order chi connectivity index (χ1) is 6.81. The van der Waals surface area contributed by atoms with E-state index in [1.165, 1.54) is 44.3 Å². The zero-order valence-corrected chi connectivity index (χ0v) is 9.51. The molecule has 0 saturated heterocycles. The van der Waals surface area contributed by atoms with Crippen LogP contribution in [0.25, 0.3) is 0 Å². The van der Waals surface area contributed by atoms with Gasteiger partial charge in [0.05, 0.1) is 12.4 Å². The molecule has 2 unspecified atom stereocenters. The number of rotatable bonds is 4. The Morgan fingerprint density at radius 1 is 1.43 bits per heavy atom. The monoisotopic (exact) mass is 194 g/mol. The molecule has 0 aromatic heterocycles. The van der Waals surface area contributed by atoms with Crippen molar-refractivity contribution < 1.29 is 4.74 Å². The van der Waals surface area contributed by atoms with Gasteiger partial charge in [0.2, 0.25) is 0 Å². The van der Waals surface area contributed by atoms with Crippen LogP contribution >= 0.6 is 0 Å². The Hall–Kier alpha value is -0.460. The molecule has 0 aromatic carbocycles. The summed E-state index contributed by atoms with van der Waals surface area (Å²) in [6.45, 7) is 5.30. The molecule has 2 atom stereocenters. The van der Waals surface area contributed by atoms with Crippen molar-refractivity contribution in [1.29, 1.82) is 0 Å². The summed E-state index contributed by atoms with van der Waals surface area (Å²) in [7, 11) is 0. The number of fused-ring (bicyclic) bond motifs is 2. The molecule has 0 radical (unpaired) electrons. The van der Waals surface area contributed by atoms with Crippen LogP contribution in [0.4, 0.5) is 0 Å². The minimum atomic E-state index is 0.890. The molecule has 2 bridgehead atoms. The number of allylic oxidation sites excluding steroid dienone is 2. The molecule has 2 aliphatic carbocycles. The number of hydrogen-bond acceptors (Lipinski definition) is 1. The summed E-state index contributed by atoms with van der Waals surface area (Å²) in [5.74, 6) is 3.15. The zero-order chi connectivity index (χ0) is 9.97. The van der Waals surface area contributed by atoms with Gasteiger partial charge in [0, 0.05) is 0 Å². The molecule has 0 spiro atoms. The van der Waals surface area contributed by atoms with E-state index in [1.54, 1.807) is 5.57 Å². The molecule has 80 valence electrons. The van der Waals surface area contributed by atoms with Gasteiger partial charge in [-0.05, 0) is 56.4 Å². The van der Waals surface area contributed by atoms with Crippen LogP contribution in [0.15, 0.2) is 11.3 Å². The molecule has 14 heavy (non-hydrogen) atoms. The lowest BCUT2D eigenvalue weighted by Gasteiger charge is -2.17. The molecule has 1 nitrogen and oxygen atoms in total. The summed E-state index contributed by atoms with van der Waals surface area (Å²) in [4.78, 5) is 0. The molecular formula is C13H22O. The number of ether oxygens (including phenoxy) is 1. The molecule has 2 saturated carbocycles. The Morgan fingerprint density at radius 3 is 2.86 bits per heavy atom. The van der Waals surface area contributed by atoms with Crippen molar-refractivity contribution in [3.8, 4) is 0 Å². The molecule has 2 rings (SSSR count). The third-order valence-corrected chi connectivity index (χ3v) is 3.81. The van der Waals surface area contributed by atoms with E-state index >= 15 is 0 Å². The molecule has 0 heterocycles. The smallest absolute Gasteiger partial charge is 0.0923 e. The largest absolute Gasteiger partial charge is 0.498 e. The maximum absolute atomic E-state index is 5.80. The summed E-state index contributed by atoms with van der Waals surface area (Å²) >= 11 is 0. The summed E-state index contributed by atoms with van der Waals surface area (Å²) in [5, 5.41) is 0. The maximum Gasteiger partial charge on any atom is 0.0923 e. The van der Waals surface area contributed by atoms with Gasteiger partial charge in [0.25, 0.3) is 0 Å². The van der Waals surface area contributed by atoms with Gasteiger partial charge >= 0.3 is 0 Å². The van der Waals surface area contributed by atoms with Crippen molar-refractivity contribution in [1.82, 2.24) is 0 Å². The molecule has 0 aromatic rings. The van der Waals surface area contributed by atoms with E-state index in [4.69, 9.17) is 4.74 Å². The normalized spacial score (nSPS) is 33.6. The summed E-state index contributed by atoms with van der Waals surface area (Å²) < 4.78 is 5.80. The predicted octanol–water partition coefficient (Wildman–Crippen LogP) is 3.90. The van der Waals surface area contributed by atoms with E-state index in [1.807, 2.05) is 0 Å². The van der Waals surface area contributed by atoms with Gasteiger partial charge in [-0.1, -0.05) is 13.3 Å². The Labute approximate surface area is 87.5 Å². The molecule has 1 heteroatoms. The Balaban J connectivity index is 1.88. The Kier molecular flexibility index (Phi) is 3.15. The van der Waals surface area contributed by atoms with E-state index in [2.05, 4.69) is 13.8 Å². The third kappa shape index (κ3) is 1.97. The Bertz CT molecular complexity index is 229. The first-order valence-corrected chi connectivity index (χ1v) is 6.13. The Morgan fingerprint density at radius 2 is 2.29 bits per heavy atom. The highest BCUT2D eigenvalue weighted by Crippen LogP contribution is 2.49. The summed E-state index contributed by atoms with van der Waals surface area (Å²) in [6.07, 6.45) is 8.10. The second-order valence-electron chi connectivity index (χ2n) is 4.86. The van der Waals surface area contributed by atoms with Gasteiger partial charge in [0.15, 0.2) is 0 Å². The van der Waals surface area contributed by atoms with Crippen LogP contribution < -0.4 is 0 Å². The molecule has 0 aliphatic heterocycles.